The van der Waals surface area contributed by atoms with Crippen molar-refractivity contribution in [1.29, 1.82) is 0 Å². The van der Waals surface area contributed by atoms with Crippen LogP contribution in [0, 0.1) is 0 Å². The van der Waals surface area contributed by atoms with Gasteiger partial charge in [0.15, 0.2) is 0 Å². The van der Waals surface area contributed by atoms with Gasteiger partial charge in [0.1, 0.15) is 5.82 Å². The molecule has 0 saturated carbocycles. The molecule has 0 radical (unpaired) electrons. The molecule has 2 heterocycles. The first-order valence-corrected chi connectivity index (χ1v) is 6.85. The first-order valence-electron chi connectivity index (χ1n) is 6.85. The fourth-order valence-electron chi connectivity index (χ4n) is 2.38. The van der Waals surface area contributed by atoms with Gasteiger partial charge in [0.25, 0.3) is 0 Å². The molecule has 0 aliphatic carbocycles. The van der Waals surface area contributed by atoms with Gasteiger partial charge in [-0.1, -0.05) is 6.07 Å². The monoisotopic (exact) mass is 264 g/mol. The number of aliphatic hydroxyl groups excluding tert-OH is 1. The van der Waals surface area contributed by atoms with Crippen LogP contribution in [0.4, 0.5) is 5.82 Å². The zero-order valence-corrected chi connectivity index (χ0v) is 11.8. The Morgan fingerprint density at radius 1 is 1.32 bits per heavy atom. The summed E-state index contributed by atoms with van der Waals surface area (Å²) in [6.07, 6.45) is 1.84. The summed E-state index contributed by atoms with van der Waals surface area (Å²) in [5, 5.41) is 12.6. The topological polar surface area (TPSA) is 51.6 Å². The summed E-state index contributed by atoms with van der Waals surface area (Å²) in [4.78, 5) is 9.10. The van der Waals surface area contributed by atoms with Crippen LogP contribution in [0.2, 0.25) is 0 Å². The minimum atomic E-state index is -0.215. The second kappa shape index (κ2) is 6.32. The van der Waals surface area contributed by atoms with Gasteiger partial charge in [-0.3, -0.25) is 4.90 Å². The minimum absolute atomic E-state index is 0.157. The molecular weight excluding hydrogens is 240 g/mol. The van der Waals surface area contributed by atoms with E-state index in [1.165, 1.54) is 0 Å². The van der Waals surface area contributed by atoms with Crippen LogP contribution in [-0.2, 0) is 0 Å². The molecule has 1 aliphatic heterocycles. The van der Waals surface area contributed by atoms with Crippen molar-refractivity contribution in [2.75, 3.05) is 51.3 Å². The van der Waals surface area contributed by atoms with Crippen molar-refractivity contribution < 1.29 is 5.11 Å². The molecule has 0 spiro atoms. The molecular formula is C14H24N4O. The standard InChI is InChI=1S/C14H24N4O/c1-14(12-19,15-2)11-17-7-9-18(10-8-17)13-5-3-4-6-16-13/h3-6,15,19H,7-12H2,1-2H3. The molecule has 2 N–H and O–H groups in total. The Morgan fingerprint density at radius 3 is 2.58 bits per heavy atom. The van der Waals surface area contributed by atoms with Crippen LogP contribution in [0.15, 0.2) is 24.4 Å². The highest BCUT2D eigenvalue weighted by Crippen LogP contribution is 2.14. The normalized spacial score (nSPS) is 20.3. The lowest BCUT2D eigenvalue weighted by atomic mass is 10.0. The average molecular weight is 264 g/mol. The van der Waals surface area contributed by atoms with Gasteiger partial charge < -0.3 is 15.3 Å². The summed E-state index contributed by atoms with van der Waals surface area (Å²) in [7, 11) is 1.90. The van der Waals surface area contributed by atoms with Gasteiger partial charge in [0.05, 0.1) is 12.1 Å². The van der Waals surface area contributed by atoms with E-state index in [0.717, 1.165) is 38.5 Å². The third-order valence-corrected chi connectivity index (χ3v) is 3.87. The molecule has 5 nitrogen and oxygen atoms in total. The second-order valence-electron chi connectivity index (χ2n) is 5.42. The summed E-state index contributed by atoms with van der Waals surface area (Å²) < 4.78 is 0. The lowest BCUT2D eigenvalue weighted by Crippen LogP contribution is -2.56. The molecule has 2 rings (SSSR count). The van der Waals surface area contributed by atoms with Crippen LogP contribution >= 0.6 is 0 Å². The predicted octanol–water partition coefficient (Wildman–Crippen LogP) is 0.174. The highest BCUT2D eigenvalue weighted by Gasteiger charge is 2.26. The van der Waals surface area contributed by atoms with Gasteiger partial charge in [-0.25, -0.2) is 4.98 Å². The van der Waals surface area contributed by atoms with Crippen molar-refractivity contribution in [3.63, 3.8) is 0 Å². The number of rotatable bonds is 5. The van der Waals surface area contributed by atoms with Crippen molar-refractivity contribution in [2.45, 2.75) is 12.5 Å². The Balaban J connectivity index is 1.86. The molecule has 1 unspecified atom stereocenters. The van der Waals surface area contributed by atoms with Crippen LogP contribution in [0.5, 0.6) is 0 Å². The molecule has 1 atom stereocenters. The van der Waals surface area contributed by atoms with Gasteiger partial charge in [0.2, 0.25) is 0 Å². The Bertz CT molecular complexity index is 372. The van der Waals surface area contributed by atoms with Gasteiger partial charge in [-0.2, -0.15) is 0 Å². The number of nitrogens with zero attached hydrogens (tertiary/aromatic N) is 3. The van der Waals surface area contributed by atoms with Crippen LogP contribution in [0.3, 0.4) is 0 Å². The fourth-order valence-corrected chi connectivity index (χ4v) is 2.38. The number of aliphatic hydroxyl groups is 1. The van der Waals surface area contributed by atoms with E-state index in [0.29, 0.717) is 0 Å². The Kier molecular flexibility index (Phi) is 4.74. The fraction of sp³-hybridized carbons (Fsp3) is 0.643. The molecule has 19 heavy (non-hydrogen) atoms. The lowest BCUT2D eigenvalue weighted by Gasteiger charge is -2.39. The molecule has 0 bridgehead atoms. The van der Waals surface area contributed by atoms with E-state index in [2.05, 4.69) is 33.1 Å². The molecule has 0 aromatic carbocycles. The van der Waals surface area contributed by atoms with Gasteiger partial charge in [-0.05, 0) is 26.1 Å². The molecule has 0 amide bonds. The van der Waals surface area contributed by atoms with E-state index < -0.39 is 0 Å². The third-order valence-electron chi connectivity index (χ3n) is 3.87. The number of hydrogen-bond donors (Lipinski definition) is 2. The van der Waals surface area contributed by atoms with Crippen molar-refractivity contribution in [2.24, 2.45) is 0 Å². The zero-order chi connectivity index (χ0) is 13.7. The summed E-state index contributed by atoms with van der Waals surface area (Å²) in [5.74, 6) is 1.06. The summed E-state index contributed by atoms with van der Waals surface area (Å²) in [5.41, 5.74) is -0.215. The van der Waals surface area contributed by atoms with E-state index in [1.807, 2.05) is 25.4 Å². The molecule has 1 aromatic heterocycles. The van der Waals surface area contributed by atoms with Crippen LogP contribution in [-0.4, -0.2) is 66.9 Å². The maximum atomic E-state index is 9.44. The molecule has 5 heteroatoms. The number of hydrogen-bond acceptors (Lipinski definition) is 5. The zero-order valence-electron chi connectivity index (χ0n) is 11.8. The maximum absolute atomic E-state index is 9.44. The van der Waals surface area contributed by atoms with E-state index in [-0.39, 0.29) is 12.1 Å². The largest absolute Gasteiger partial charge is 0.394 e. The number of nitrogens with one attached hydrogen (secondary N) is 1. The van der Waals surface area contributed by atoms with E-state index in [4.69, 9.17) is 0 Å². The van der Waals surface area contributed by atoms with Crippen LogP contribution in [0.1, 0.15) is 6.92 Å². The summed E-state index contributed by atoms with van der Waals surface area (Å²) in [6.45, 7) is 7.07. The first kappa shape index (κ1) is 14.2. The molecule has 1 saturated heterocycles. The van der Waals surface area contributed by atoms with E-state index >= 15 is 0 Å². The number of anilines is 1. The number of aromatic nitrogens is 1. The van der Waals surface area contributed by atoms with Crippen LogP contribution in [0.25, 0.3) is 0 Å². The van der Waals surface area contributed by atoms with Crippen molar-refractivity contribution in [3.05, 3.63) is 24.4 Å². The Labute approximate surface area is 115 Å². The van der Waals surface area contributed by atoms with Crippen LogP contribution < -0.4 is 10.2 Å². The van der Waals surface area contributed by atoms with Crippen molar-refractivity contribution >= 4 is 5.82 Å². The molecule has 1 fully saturated rings. The number of pyridine rings is 1. The number of likely N-dealkylation sites (N-methyl/N-ethyl adjacent to an activating group) is 1. The van der Waals surface area contributed by atoms with Gasteiger partial charge in [0, 0.05) is 38.9 Å². The van der Waals surface area contributed by atoms with Gasteiger partial charge in [-0.15, -0.1) is 0 Å². The molecule has 1 aromatic rings. The number of piperazine rings is 1. The van der Waals surface area contributed by atoms with Gasteiger partial charge >= 0.3 is 0 Å². The highest BCUT2D eigenvalue weighted by molar-refractivity contribution is 5.38. The lowest BCUT2D eigenvalue weighted by molar-refractivity contribution is 0.122. The summed E-state index contributed by atoms with van der Waals surface area (Å²) in [6, 6.07) is 6.03. The van der Waals surface area contributed by atoms with Crippen molar-refractivity contribution in [3.8, 4) is 0 Å². The Hall–Kier alpha value is -1.17. The predicted molar refractivity (Wildman–Crippen MR) is 77.4 cm³/mol. The first-order chi connectivity index (χ1) is 9.17. The third kappa shape index (κ3) is 3.65. The van der Waals surface area contributed by atoms with Crippen molar-refractivity contribution in [1.82, 2.24) is 15.2 Å². The maximum Gasteiger partial charge on any atom is 0.128 e. The van der Waals surface area contributed by atoms with E-state index in [9.17, 15) is 5.11 Å². The Morgan fingerprint density at radius 2 is 2.05 bits per heavy atom. The average Bonchev–Trinajstić information content (AvgIpc) is 2.49. The van der Waals surface area contributed by atoms with E-state index in [1.54, 1.807) is 0 Å². The minimum Gasteiger partial charge on any atom is -0.394 e. The molecule has 1 aliphatic rings. The quantitative estimate of drug-likeness (QED) is 0.794. The smallest absolute Gasteiger partial charge is 0.128 e. The second-order valence-corrected chi connectivity index (χ2v) is 5.42. The summed E-state index contributed by atoms with van der Waals surface area (Å²) >= 11 is 0. The molecule has 106 valence electrons. The SMILES string of the molecule is CNC(C)(CO)CN1CCN(c2ccccn2)CC1. The highest BCUT2D eigenvalue weighted by atomic mass is 16.3.